The molecule has 0 radical (unpaired) electrons. The zero-order valence-electron chi connectivity index (χ0n) is 11.2. The van der Waals surface area contributed by atoms with Gasteiger partial charge in [0.15, 0.2) is 9.84 Å². The molecular weight excluding hydrogens is 276 g/mol. The third-order valence-corrected chi connectivity index (χ3v) is 6.53. The third kappa shape index (κ3) is 2.14. The fraction of sp³-hybridized carbons (Fsp3) is 0.533. The van der Waals surface area contributed by atoms with Gasteiger partial charge in [-0.15, -0.1) is 0 Å². The van der Waals surface area contributed by atoms with Crippen molar-refractivity contribution in [1.82, 2.24) is 0 Å². The first-order valence-corrected chi connectivity index (χ1v) is 8.79. The average molecular weight is 294 g/mol. The lowest BCUT2D eigenvalue weighted by Gasteiger charge is -2.38. The summed E-state index contributed by atoms with van der Waals surface area (Å²) in [7, 11) is -2.92. The molecule has 0 aromatic heterocycles. The van der Waals surface area contributed by atoms with Crippen molar-refractivity contribution in [2.75, 3.05) is 11.5 Å². The minimum absolute atomic E-state index is 0.0193. The van der Waals surface area contributed by atoms with Crippen LogP contribution in [-0.4, -0.2) is 31.0 Å². The van der Waals surface area contributed by atoms with Gasteiger partial charge in [-0.3, -0.25) is 4.79 Å². The van der Waals surface area contributed by atoms with E-state index in [9.17, 15) is 18.3 Å². The van der Waals surface area contributed by atoms with Crippen LogP contribution in [0.4, 0.5) is 0 Å². The predicted octanol–water partition coefficient (Wildman–Crippen LogP) is 2.10. The van der Waals surface area contributed by atoms with Crippen molar-refractivity contribution in [2.45, 2.75) is 37.0 Å². The van der Waals surface area contributed by atoms with Gasteiger partial charge in [-0.25, -0.2) is 8.42 Å². The van der Waals surface area contributed by atoms with Crippen LogP contribution in [-0.2, 0) is 20.0 Å². The number of carboxylic acid groups (broad SMARTS) is 1. The Morgan fingerprint density at radius 3 is 2.55 bits per heavy atom. The smallest absolute Gasteiger partial charge is 0.314 e. The predicted molar refractivity (Wildman–Crippen MR) is 75.6 cm³/mol. The maximum absolute atomic E-state index is 11.6. The molecule has 5 heteroatoms. The molecule has 3 rings (SSSR count). The van der Waals surface area contributed by atoms with Gasteiger partial charge in [0.1, 0.15) is 0 Å². The van der Waals surface area contributed by atoms with Gasteiger partial charge in [-0.05, 0) is 36.3 Å². The number of rotatable bonds is 3. The molecule has 108 valence electrons. The molecule has 0 bridgehead atoms. The number of hydrogen-bond acceptors (Lipinski definition) is 3. The molecule has 1 aromatic rings. The van der Waals surface area contributed by atoms with Gasteiger partial charge in [0.05, 0.1) is 16.9 Å². The van der Waals surface area contributed by atoms with E-state index in [0.717, 1.165) is 17.5 Å². The standard InChI is InChI=1S/C15H18O4S/c16-14(17)15(6-2-7-15)13-4-1-3-11(9-13)12-5-8-20(18,19)10-12/h1,3-4,9,12H,2,5-8,10H2,(H,16,17). The van der Waals surface area contributed by atoms with Gasteiger partial charge < -0.3 is 5.11 Å². The van der Waals surface area contributed by atoms with E-state index in [1.807, 2.05) is 24.3 Å². The number of benzene rings is 1. The topological polar surface area (TPSA) is 71.4 Å². The average Bonchev–Trinajstić information content (AvgIpc) is 2.68. The molecule has 0 spiro atoms. The summed E-state index contributed by atoms with van der Waals surface area (Å²) in [6, 6.07) is 7.56. The normalized spacial score (nSPS) is 26.9. The van der Waals surface area contributed by atoms with Gasteiger partial charge in [0, 0.05) is 0 Å². The van der Waals surface area contributed by atoms with Gasteiger partial charge in [0.25, 0.3) is 0 Å². The summed E-state index contributed by atoms with van der Waals surface area (Å²) in [6.07, 6.45) is 2.93. The van der Waals surface area contributed by atoms with Gasteiger partial charge in [-0.1, -0.05) is 30.7 Å². The van der Waals surface area contributed by atoms with E-state index in [1.165, 1.54) is 0 Å². The first-order valence-electron chi connectivity index (χ1n) is 6.97. The van der Waals surface area contributed by atoms with E-state index in [0.29, 0.717) is 19.3 Å². The van der Waals surface area contributed by atoms with Gasteiger partial charge in [-0.2, -0.15) is 0 Å². The van der Waals surface area contributed by atoms with Crippen LogP contribution in [0.2, 0.25) is 0 Å². The first kappa shape index (κ1) is 13.6. The largest absolute Gasteiger partial charge is 0.481 e. The van der Waals surface area contributed by atoms with Gasteiger partial charge in [0.2, 0.25) is 0 Å². The van der Waals surface area contributed by atoms with E-state index >= 15 is 0 Å². The first-order chi connectivity index (χ1) is 9.43. The Morgan fingerprint density at radius 2 is 2.05 bits per heavy atom. The highest BCUT2D eigenvalue weighted by Gasteiger charge is 2.46. The highest BCUT2D eigenvalue weighted by atomic mass is 32.2. The van der Waals surface area contributed by atoms with Crippen LogP contribution in [0.5, 0.6) is 0 Å². The molecule has 0 amide bonds. The monoisotopic (exact) mass is 294 g/mol. The van der Waals surface area contributed by atoms with E-state index in [-0.39, 0.29) is 17.4 Å². The molecule has 1 atom stereocenters. The van der Waals surface area contributed by atoms with E-state index in [2.05, 4.69) is 0 Å². The Labute approximate surface area is 118 Å². The number of hydrogen-bond donors (Lipinski definition) is 1. The van der Waals surface area contributed by atoms with Crippen LogP contribution in [0.3, 0.4) is 0 Å². The van der Waals surface area contributed by atoms with Crippen LogP contribution >= 0.6 is 0 Å². The molecular formula is C15H18O4S. The number of sulfone groups is 1. The molecule has 1 aliphatic heterocycles. The zero-order valence-corrected chi connectivity index (χ0v) is 12.0. The molecule has 2 fully saturated rings. The Kier molecular flexibility index (Phi) is 3.12. The van der Waals surface area contributed by atoms with Crippen molar-refractivity contribution in [1.29, 1.82) is 0 Å². The molecule has 1 N–H and O–H groups in total. The molecule has 1 aromatic carbocycles. The van der Waals surface area contributed by atoms with Crippen molar-refractivity contribution < 1.29 is 18.3 Å². The Balaban J connectivity index is 1.93. The Hall–Kier alpha value is -1.36. The maximum atomic E-state index is 11.6. The molecule has 1 saturated carbocycles. The maximum Gasteiger partial charge on any atom is 0.314 e. The summed E-state index contributed by atoms with van der Waals surface area (Å²) in [6.45, 7) is 0. The summed E-state index contributed by atoms with van der Waals surface area (Å²) < 4.78 is 23.2. The van der Waals surface area contributed by atoms with Crippen molar-refractivity contribution in [3.05, 3.63) is 35.4 Å². The highest BCUT2D eigenvalue weighted by Crippen LogP contribution is 2.44. The zero-order chi connectivity index (χ0) is 14.4. The van der Waals surface area contributed by atoms with E-state index in [1.54, 1.807) is 0 Å². The third-order valence-electron chi connectivity index (χ3n) is 4.76. The minimum atomic E-state index is -2.92. The fourth-order valence-corrected chi connectivity index (χ4v) is 5.09. The molecule has 2 aliphatic rings. The van der Waals surface area contributed by atoms with Crippen LogP contribution in [0, 0.1) is 0 Å². The minimum Gasteiger partial charge on any atom is -0.481 e. The Morgan fingerprint density at radius 1 is 1.30 bits per heavy atom. The second kappa shape index (κ2) is 4.58. The lowest BCUT2D eigenvalue weighted by Crippen LogP contribution is -2.42. The lowest BCUT2D eigenvalue weighted by atomic mass is 9.64. The van der Waals surface area contributed by atoms with Crippen LogP contribution in [0.15, 0.2) is 24.3 Å². The highest BCUT2D eigenvalue weighted by molar-refractivity contribution is 7.91. The molecule has 1 saturated heterocycles. The lowest BCUT2D eigenvalue weighted by molar-refractivity contribution is -0.147. The molecule has 4 nitrogen and oxygen atoms in total. The summed E-state index contributed by atoms with van der Waals surface area (Å²) in [5, 5.41) is 9.48. The van der Waals surface area contributed by atoms with Crippen molar-refractivity contribution >= 4 is 15.8 Å². The fourth-order valence-electron chi connectivity index (χ4n) is 3.30. The van der Waals surface area contributed by atoms with E-state index < -0.39 is 21.2 Å². The second-order valence-corrected chi connectivity index (χ2v) is 8.19. The SMILES string of the molecule is O=C(O)C1(c2cccc(C3CCS(=O)(=O)C3)c2)CCC1. The summed E-state index contributed by atoms with van der Waals surface area (Å²) in [5.74, 6) is -0.312. The molecule has 1 aliphatic carbocycles. The summed E-state index contributed by atoms with van der Waals surface area (Å²) in [5.41, 5.74) is 1.06. The summed E-state index contributed by atoms with van der Waals surface area (Å²) in [4.78, 5) is 11.5. The van der Waals surface area contributed by atoms with Crippen molar-refractivity contribution in [2.24, 2.45) is 0 Å². The second-order valence-electron chi connectivity index (χ2n) is 5.97. The molecule has 20 heavy (non-hydrogen) atoms. The van der Waals surface area contributed by atoms with Crippen molar-refractivity contribution in [3.8, 4) is 0 Å². The van der Waals surface area contributed by atoms with E-state index in [4.69, 9.17) is 0 Å². The van der Waals surface area contributed by atoms with Crippen molar-refractivity contribution in [3.63, 3.8) is 0 Å². The Bertz CT molecular complexity index is 644. The van der Waals surface area contributed by atoms with Crippen LogP contribution < -0.4 is 0 Å². The number of carbonyl (C=O) groups is 1. The van der Waals surface area contributed by atoms with Crippen LogP contribution in [0.1, 0.15) is 42.7 Å². The molecule has 1 heterocycles. The molecule has 1 unspecified atom stereocenters. The number of aliphatic carboxylic acids is 1. The summed E-state index contributed by atoms with van der Waals surface area (Å²) >= 11 is 0. The van der Waals surface area contributed by atoms with Gasteiger partial charge >= 0.3 is 5.97 Å². The van der Waals surface area contributed by atoms with Crippen LogP contribution in [0.25, 0.3) is 0 Å². The quantitative estimate of drug-likeness (QED) is 0.926. The number of carboxylic acids is 1.